The van der Waals surface area contributed by atoms with E-state index in [4.69, 9.17) is 14.2 Å². The number of aryl methyl sites for hydroxylation is 1. The average molecular weight is 496 g/mol. The molecule has 1 heterocycles. The van der Waals surface area contributed by atoms with Gasteiger partial charge in [0.15, 0.2) is 0 Å². The molecular formula is C27H26FNO5S. The zero-order chi connectivity index (χ0) is 24.6. The van der Waals surface area contributed by atoms with Crippen molar-refractivity contribution in [3.63, 3.8) is 0 Å². The SMILES string of the molecule is CCCc1cc(F)ccc1Oc1cccc(OCCCOc2ccccc2C2SC(=O)NC2=O)c1. The van der Waals surface area contributed by atoms with Gasteiger partial charge in [-0.3, -0.25) is 14.9 Å². The van der Waals surface area contributed by atoms with Crippen molar-refractivity contribution in [1.82, 2.24) is 5.32 Å². The monoisotopic (exact) mass is 495 g/mol. The summed E-state index contributed by atoms with van der Waals surface area (Å²) in [6.45, 7) is 2.84. The normalized spacial score (nSPS) is 15.1. The molecule has 0 saturated carbocycles. The Balaban J connectivity index is 1.29. The minimum absolute atomic E-state index is 0.276. The molecule has 3 aromatic rings. The van der Waals surface area contributed by atoms with Crippen LogP contribution in [-0.4, -0.2) is 24.4 Å². The number of benzene rings is 3. The van der Waals surface area contributed by atoms with E-state index >= 15 is 0 Å². The van der Waals surface area contributed by atoms with Gasteiger partial charge in [0.1, 0.15) is 34.1 Å². The Morgan fingerprint density at radius 1 is 0.914 bits per heavy atom. The third kappa shape index (κ3) is 6.54. The quantitative estimate of drug-likeness (QED) is 0.309. The van der Waals surface area contributed by atoms with Crippen LogP contribution in [0.15, 0.2) is 66.7 Å². The van der Waals surface area contributed by atoms with Crippen molar-refractivity contribution in [2.75, 3.05) is 13.2 Å². The number of carbonyl (C=O) groups is 2. The molecule has 0 bridgehead atoms. The zero-order valence-electron chi connectivity index (χ0n) is 19.3. The van der Waals surface area contributed by atoms with E-state index < -0.39 is 5.25 Å². The molecule has 1 aliphatic rings. The van der Waals surface area contributed by atoms with Gasteiger partial charge in [-0.2, -0.15) is 0 Å². The summed E-state index contributed by atoms with van der Waals surface area (Å²) in [5.74, 6) is 1.87. The number of ether oxygens (including phenoxy) is 3. The van der Waals surface area contributed by atoms with Gasteiger partial charge in [0.25, 0.3) is 5.24 Å². The molecule has 35 heavy (non-hydrogen) atoms. The first kappa shape index (κ1) is 24.6. The van der Waals surface area contributed by atoms with Crippen LogP contribution in [0.5, 0.6) is 23.0 Å². The number of hydrogen-bond donors (Lipinski definition) is 1. The van der Waals surface area contributed by atoms with Crippen LogP contribution in [0.25, 0.3) is 0 Å². The lowest BCUT2D eigenvalue weighted by atomic mass is 10.1. The molecule has 0 aromatic heterocycles. The van der Waals surface area contributed by atoms with Gasteiger partial charge in [-0.25, -0.2) is 4.39 Å². The molecule has 0 spiro atoms. The van der Waals surface area contributed by atoms with E-state index in [0.29, 0.717) is 48.2 Å². The smallest absolute Gasteiger partial charge is 0.286 e. The summed E-state index contributed by atoms with van der Waals surface area (Å²) in [5, 5.41) is 1.35. The average Bonchev–Trinajstić information content (AvgIpc) is 3.19. The van der Waals surface area contributed by atoms with E-state index in [1.165, 1.54) is 12.1 Å². The molecule has 182 valence electrons. The minimum atomic E-state index is -0.600. The number of thioether (sulfide) groups is 1. The maximum absolute atomic E-state index is 13.6. The maximum Gasteiger partial charge on any atom is 0.286 e. The molecule has 4 rings (SSSR count). The van der Waals surface area contributed by atoms with Crippen molar-refractivity contribution in [2.45, 2.75) is 31.4 Å². The molecule has 8 heteroatoms. The first-order valence-electron chi connectivity index (χ1n) is 11.5. The van der Waals surface area contributed by atoms with Crippen LogP contribution < -0.4 is 19.5 Å². The highest BCUT2D eigenvalue weighted by atomic mass is 32.2. The van der Waals surface area contributed by atoms with Crippen LogP contribution in [-0.2, 0) is 11.2 Å². The Morgan fingerprint density at radius 2 is 1.71 bits per heavy atom. The zero-order valence-corrected chi connectivity index (χ0v) is 20.1. The van der Waals surface area contributed by atoms with Crippen molar-refractivity contribution in [3.8, 4) is 23.0 Å². The summed E-state index contributed by atoms with van der Waals surface area (Å²) < 4.78 is 31.3. The Labute approximate surface area is 207 Å². The fraction of sp³-hybridized carbons (Fsp3) is 0.259. The molecule has 1 N–H and O–H groups in total. The number of amides is 2. The number of rotatable bonds is 11. The number of imide groups is 1. The van der Waals surface area contributed by atoms with Crippen LogP contribution in [0.4, 0.5) is 9.18 Å². The van der Waals surface area contributed by atoms with Crippen molar-refractivity contribution in [1.29, 1.82) is 0 Å². The summed E-state index contributed by atoms with van der Waals surface area (Å²) >= 11 is 0.953. The molecule has 1 fully saturated rings. The summed E-state index contributed by atoms with van der Waals surface area (Å²) in [4.78, 5) is 23.5. The van der Waals surface area contributed by atoms with Crippen molar-refractivity contribution >= 4 is 22.9 Å². The lowest BCUT2D eigenvalue weighted by molar-refractivity contribution is -0.119. The predicted octanol–water partition coefficient (Wildman–Crippen LogP) is 6.44. The van der Waals surface area contributed by atoms with Gasteiger partial charge in [0.2, 0.25) is 5.91 Å². The highest BCUT2D eigenvalue weighted by molar-refractivity contribution is 8.15. The second-order valence-electron chi connectivity index (χ2n) is 7.94. The highest BCUT2D eigenvalue weighted by Crippen LogP contribution is 2.39. The fourth-order valence-electron chi connectivity index (χ4n) is 3.69. The number of halogens is 1. The van der Waals surface area contributed by atoms with Gasteiger partial charge in [0, 0.05) is 18.1 Å². The topological polar surface area (TPSA) is 73.9 Å². The van der Waals surface area contributed by atoms with Gasteiger partial charge in [-0.05, 0) is 60.1 Å². The predicted molar refractivity (Wildman–Crippen MR) is 133 cm³/mol. The number of para-hydroxylation sites is 1. The molecule has 1 atom stereocenters. The highest BCUT2D eigenvalue weighted by Gasteiger charge is 2.34. The van der Waals surface area contributed by atoms with Crippen molar-refractivity contribution < 1.29 is 28.2 Å². The molecule has 6 nitrogen and oxygen atoms in total. The first-order valence-corrected chi connectivity index (χ1v) is 12.3. The number of carbonyl (C=O) groups excluding carboxylic acids is 2. The van der Waals surface area contributed by atoms with E-state index in [9.17, 15) is 14.0 Å². The second-order valence-corrected chi connectivity index (χ2v) is 9.02. The molecular weight excluding hydrogens is 469 g/mol. The van der Waals surface area contributed by atoms with Gasteiger partial charge >= 0.3 is 0 Å². The minimum Gasteiger partial charge on any atom is -0.493 e. The second kappa shape index (κ2) is 11.8. The van der Waals surface area contributed by atoms with Gasteiger partial charge in [0.05, 0.1) is 13.2 Å². The molecule has 1 saturated heterocycles. The number of nitrogens with one attached hydrogen (secondary N) is 1. The maximum atomic E-state index is 13.6. The van der Waals surface area contributed by atoms with Gasteiger partial charge in [-0.1, -0.05) is 37.6 Å². The molecule has 3 aromatic carbocycles. The Kier molecular flexibility index (Phi) is 8.26. The van der Waals surface area contributed by atoms with E-state index in [-0.39, 0.29) is 17.0 Å². The van der Waals surface area contributed by atoms with E-state index in [1.54, 1.807) is 24.3 Å². The van der Waals surface area contributed by atoms with Crippen molar-refractivity contribution in [3.05, 3.63) is 83.7 Å². The van der Waals surface area contributed by atoms with E-state index in [0.717, 1.165) is 30.2 Å². The lowest BCUT2D eigenvalue weighted by Crippen LogP contribution is -2.20. The van der Waals surface area contributed by atoms with Gasteiger partial charge in [-0.15, -0.1) is 0 Å². The van der Waals surface area contributed by atoms with Crippen molar-refractivity contribution in [2.24, 2.45) is 0 Å². The Bertz CT molecular complexity index is 1200. The standard InChI is InChI=1S/C27H26FNO5S/c1-2-7-18-16-19(28)12-13-23(18)34-21-9-5-8-20(17-21)32-14-6-15-33-24-11-4-3-10-22(24)25-26(30)29-27(31)35-25/h3-5,8-13,16-17,25H,2,6-7,14-15H2,1H3,(H,29,30,31). The van der Waals surface area contributed by atoms with Crippen LogP contribution in [0.2, 0.25) is 0 Å². The fourth-order valence-corrected chi connectivity index (χ4v) is 4.55. The third-order valence-corrected chi connectivity index (χ3v) is 6.30. The van der Waals surface area contributed by atoms with E-state index in [1.807, 2.05) is 37.3 Å². The Hall–Kier alpha value is -3.52. The van der Waals surface area contributed by atoms with Gasteiger partial charge < -0.3 is 14.2 Å². The summed E-state index contributed by atoms with van der Waals surface area (Å²) in [7, 11) is 0. The summed E-state index contributed by atoms with van der Waals surface area (Å²) in [6, 6.07) is 19.1. The molecule has 2 amide bonds. The molecule has 0 aliphatic carbocycles. The lowest BCUT2D eigenvalue weighted by Gasteiger charge is -2.14. The van der Waals surface area contributed by atoms with Crippen LogP contribution in [0.1, 0.15) is 36.1 Å². The number of hydrogen-bond acceptors (Lipinski definition) is 6. The molecule has 0 radical (unpaired) electrons. The summed E-state index contributed by atoms with van der Waals surface area (Å²) in [5.41, 5.74) is 1.50. The van der Waals surface area contributed by atoms with E-state index in [2.05, 4.69) is 5.32 Å². The van der Waals surface area contributed by atoms with Crippen LogP contribution in [0.3, 0.4) is 0 Å². The molecule has 1 unspecified atom stereocenters. The third-order valence-electron chi connectivity index (χ3n) is 5.28. The van der Waals surface area contributed by atoms with Crippen LogP contribution >= 0.6 is 11.8 Å². The summed E-state index contributed by atoms with van der Waals surface area (Å²) in [6.07, 6.45) is 2.23. The first-order chi connectivity index (χ1) is 17.0. The Morgan fingerprint density at radius 3 is 2.51 bits per heavy atom. The van der Waals surface area contributed by atoms with Crippen LogP contribution in [0, 0.1) is 5.82 Å². The largest absolute Gasteiger partial charge is 0.493 e. The molecule has 1 aliphatic heterocycles.